The zero-order valence-electron chi connectivity index (χ0n) is 17.5. The van der Waals surface area contributed by atoms with Gasteiger partial charge in [-0.3, -0.25) is 9.80 Å². The molecule has 6 heteroatoms. The predicted molar refractivity (Wildman–Crippen MR) is 115 cm³/mol. The summed E-state index contributed by atoms with van der Waals surface area (Å²) in [6, 6.07) is 12.9. The van der Waals surface area contributed by atoms with Crippen LogP contribution < -0.4 is 4.90 Å². The van der Waals surface area contributed by atoms with E-state index in [1.165, 1.54) is 18.4 Å². The Balaban J connectivity index is 1.26. The molecular weight excluding hydrogens is 360 g/mol. The summed E-state index contributed by atoms with van der Waals surface area (Å²) in [6.45, 7) is 11.5. The molecule has 0 saturated carbocycles. The third-order valence-corrected chi connectivity index (χ3v) is 6.10. The molecule has 0 atom stereocenters. The molecule has 1 aromatic carbocycles. The second-order valence-corrected chi connectivity index (χ2v) is 8.29. The molecule has 0 spiro atoms. The van der Waals surface area contributed by atoms with Gasteiger partial charge in [-0.1, -0.05) is 12.1 Å². The van der Waals surface area contributed by atoms with Gasteiger partial charge in [0.15, 0.2) is 0 Å². The maximum atomic E-state index is 9.08. The van der Waals surface area contributed by atoms with Crippen LogP contribution in [0.4, 0.5) is 5.95 Å². The molecule has 2 aromatic rings. The Labute approximate surface area is 173 Å². The molecule has 2 aliphatic heterocycles. The van der Waals surface area contributed by atoms with Crippen LogP contribution in [-0.2, 0) is 6.54 Å². The van der Waals surface area contributed by atoms with E-state index < -0.39 is 0 Å². The summed E-state index contributed by atoms with van der Waals surface area (Å²) in [5, 5.41) is 9.08. The standard InChI is InChI=1S/C23H30N6/c1-18-14-19(2)26-23(25-18)29-12-10-28(11-13-29)22-6-8-27(9-7-22)17-21-5-3-4-20(15-21)16-24/h3-5,14-15,22H,6-13,17H2,1-2H3. The molecule has 6 nitrogen and oxygen atoms in total. The van der Waals surface area contributed by atoms with Crippen molar-refractivity contribution in [2.45, 2.75) is 39.3 Å². The lowest BCUT2D eigenvalue weighted by Crippen LogP contribution is -2.53. The number of nitriles is 1. The van der Waals surface area contributed by atoms with Crippen molar-refractivity contribution in [1.82, 2.24) is 19.8 Å². The van der Waals surface area contributed by atoms with E-state index >= 15 is 0 Å². The van der Waals surface area contributed by atoms with Crippen LogP contribution in [0.5, 0.6) is 0 Å². The highest BCUT2D eigenvalue weighted by Crippen LogP contribution is 2.21. The summed E-state index contributed by atoms with van der Waals surface area (Å²) in [4.78, 5) is 16.8. The van der Waals surface area contributed by atoms with Gasteiger partial charge in [0.05, 0.1) is 11.6 Å². The van der Waals surface area contributed by atoms with Gasteiger partial charge in [0.2, 0.25) is 5.95 Å². The Morgan fingerprint density at radius 2 is 1.66 bits per heavy atom. The normalized spacial score (nSPS) is 19.3. The van der Waals surface area contributed by atoms with Gasteiger partial charge in [0, 0.05) is 50.2 Å². The van der Waals surface area contributed by atoms with Gasteiger partial charge < -0.3 is 4.90 Å². The van der Waals surface area contributed by atoms with Gasteiger partial charge >= 0.3 is 0 Å². The van der Waals surface area contributed by atoms with Crippen LogP contribution >= 0.6 is 0 Å². The highest BCUT2D eigenvalue weighted by molar-refractivity contribution is 5.33. The minimum Gasteiger partial charge on any atom is -0.338 e. The number of benzene rings is 1. The van der Waals surface area contributed by atoms with Gasteiger partial charge in [0.1, 0.15) is 0 Å². The quantitative estimate of drug-likeness (QED) is 0.800. The lowest BCUT2D eigenvalue weighted by molar-refractivity contribution is 0.0995. The Morgan fingerprint density at radius 3 is 2.31 bits per heavy atom. The molecule has 1 aromatic heterocycles. The SMILES string of the molecule is Cc1cc(C)nc(N2CCN(C3CCN(Cc4cccc(C#N)c4)CC3)CC2)n1. The average molecular weight is 391 g/mol. The smallest absolute Gasteiger partial charge is 0.225 e. The average Bonchev–Trinajstić information content (AvgIpc) is 2.74. The van der Waals surface area contributed by atoms with E-state index in [4.69, 9.17) is 5.26 Å². The van der Waals surface area contributed by atoms with E-state index in [-0.39, 0.29) is 0 Å². The molecule has 0 N–H and O–H groups in total. The second-order valence-electron chi connectivity index (χ2n) is 8.29. The molecule has 0 unspecified atom stereocenters. The number of aryl methyl sites for hydroxylation is 2. The molecule has 2 aliphatic rings. The summed E-state index contributed by atoms with van der Waals surface area (Å²) in [6.07, 6.45) is 2.44. The zero-order chi connectivity index (χ0) is 20.2. The number of anilines is 1. The van der Waals surface area contributed by atoms with Crippen LogP contribution in [-0.4, -0.2) is 65.1 Å². The van der Waals surface area contributed by atoms with Crippen molar-refractivity contribution in [3.05, 3.63) is 52.8 Å². The van der Waals surface area contributed by atoms with Crippen molar-refractivity contribution in [2.75, 3.05) is 44.2 Å². The molecule has 0 aliphatic carbocycles. The highest BCUT2D eigenvalue weighted by atomic mass is 15.3. The molecule has 2 fully saturated rings. The fourth-order valence-corrected chi connectivity index (χ4v) is 4.58. The Morgan fingerprint density at radius 1 is 0.966 bits per heavy atom. The fourth-order valence-electron chi connectivity index (χ4n) is 4.58. The second kappa shape index (κ2) is 8.89. The van der Waals surface area contributed by atoms with Crippen molar-refractivity contribution < 1.29 is 0 Å². The summed E-state index contributed by atoms with van der Waals surface area (Å²) in [5.74, 6) is 0.886. The summed E-state index contributed by atoms with van der Waals surface area (Å²) < 4.78 is 0. The number of hydrogen-bond donors (Lipinski definition) is 0. The van der Waals surface area contributed by atoms with Crippen LogP contribution in [0.2, 0.25) is 0 Å². The van der Waals surface area contributed by atoms with E-state index in [1.54, 1.807) is 0 Å². The van der Waals surface area contributed by atoms with E-state index in [1.807, 2.05) is 38.1 Å². The Bertz CT molecular complexity index is 853. The monoisotopic (exact) mass is 390 g/mol. The lowest BCUT2D eigenvalue weighted by Gasteiger charge is -2.42. The van der Waals surface area contributed by atoms with Crippen LogP contribution in [0.15, 0.2) is 30.3 Å². The topological polar surface area (TPSA) is 59.3 Å². The molecule has 4 rings (SSSR count). The molecule has 3 heterocycles. The maximum absolute atomic E-state index is 9.08. The van der Waals surface area contributed by atoms with Crippen molar-refractivity contribution in [2.24, 2.45) is 0 Å². The van der Waals surface area contributed by atoms with E-state index in [2.05, 4.69) is 36.8 Å². The van der Waals surface area contributed by atoms with Crippen molar-refractivity contribution in [1.29, 1.82) is 5.26 Å². The summed E-state index contributed by atoms with van der Waals surface area (Å²) in [5.41, 5.74) is 4.08. The van der Waals surface area contributed by atoms with Crippen LogP contribution in [0.1, 0.15) is 35.4 Å². The first-order chi connectivity index (χ1) is 14.1. The van der Waals surface area contributed by atoms with Gasteiger partial charge in [-0.05, 0) is 63.5 Å². The third-order valence-electron chi connectivity index (χ3n) is 6.10. The number of piperidine rings is 1. The first-order valence-corrected chi connectivity index (χ1v) is 10.6. The maximum Gasteiger partial charge on any atom is 0.225 e. The van der Waals surface area contributed by atoms with Gasteiger partial charge in [-0.15, -0.1) is 0 Å². The van der Waals surface area contributed by atoms with Crippen LogP contribution in [0.25, 0.3) is 0 Å². The van der Waals surface area contributed by atoms with Crippen molar-refractivity contribution in [3.63, 3.8) is 0 Å². The number of rotatable bonds is 4. The van der Waals surface area contributed by atoms with E-state index in [0.29, 0.717) is 6.04 Å². The molecule has 152 valence electrons. The number of aromatic nitrogens is 2. The van der Waals surface area contributed by atoms with Crippen LogP contribution in [0, 0.1) is 25.2 Å². The predicted octanol–water partition coefficient (Wildman–Crippen LogP) is 2.75. The first kappa shape index (κ1) is 19.8. The van der Waals surface area contributed by atoms with Gasteiger partial charge in [-0.25, -0.2) is 9.97 Å². The number of hydrogen-bond acceptors (Lipinski definition) is 6. The molecule has 29 heavy (non-hydrogen) atoms. The summed E-state index contributed by atoms with van der Waals surface area (Å²) >= 11 is 0. The van der Waals surface area contributed by atoms with E-state index in [9.17, 15) is 0 Å². The Kier molecular flexibility index (Phi) is 6.08. The fraction of sp³-hybridized carbons (Fsp3) is 0.522. The molecular formula is C23H30N6. The minimum atomic E-state index is 0.680. The van der Waals surface area contributed by atoms with Crippen LogP contribution in [0.3, 0.4) is 0 Å². The Hall–Kier alpha value is -2.49. The largest absolute Gasteiger partial charge is 0.338 e. The van der Waals surface area contributed by atoms with Crippen molar-refractivity contribution in [3.8, 4) is 6.07 Å². The molecule has 0 bridgehead atoms. The molecule has 2 saturated heterocycles. The first-order valence-electron chi connectivity index (χ1n) is 10.6. The third kappa shape index (κ3) is 4.92. The van der Waals surface area contributed by atoms with Gasteiger partial charge in [0.25, 0.3) is 0 Å². The number of nitrogens with zero attached hydrogens (tertiary/aromatic N) is 6. The number of piperazine rings is 1. The number of likely N-dealkylation sites (tertiary alicyclic amines) is 1. The highest BCUT2D eigenvalue weighted by Gasteiger charge is 2.28. The van der Waals surface area contributed by atoms with Crippen molar-refractivity contribution >= 4 is 5.95 Å². The summed E-state index contributed by atoms with van der Waals surface area (Å²) in [7, 11) is 0. The zero-order valence-corrected chi connectivity index (χ0v) is 17.5. The minimum absolute atomic E-state index is 0.680. The molecule has 0 amide bonds. The van der Waals surface area contributed by atoms with Gasteiger partial charge in [-0.2, -0.15) is 5.26 Å². The molecule has 0 radical (unpaired) electrons. The van der Waals surface area contributed by atoms with E-state index in [0.717, 1.165) is 68.7 Å². The lowest BCUT2D eigenvalue weighted by atomic mass is 10.0.